The highest BCUT2D eigenvalue weighted by molar-refractivity contribution is 8.03. The summed E-state index contributed by atoms with van der Waals surface area (Å²) in [5, 5.41) is 19.8. The summed E-state index contributed by atoms with van der Waals surface area (Å²) >= 11 is 7.52. The molecule has 11 nitrogen and oxygen atoms in total. The summed E-state index contributed by atoms with van der Waals surface area (Å²) in [4.78, 5) is 40.6. The quantitative estimate of drug-likeness (QED) is 0.264. The zero-order chi connectivity index (χ0) is 26.9. The van der Waals surface area contributed by atoms with Crippen molar-refractivity contribution in [2.75, 3.05) is 26.0 Å². The molecule has 2 fully saturated rings. The van der Waals surface area contributed by atoms with E-state index in [4.69, 9.17) is 16.3 Å². The van der Waals surface area contributed by atoms with E-state index in [0.717, 1.165) is 6.26 Å². The number of nitrogens with one attached hydrogen (secondary N) is 1. The molecule has 0 aromatic carbocycles. The first-order valence-corrected chi connectivity index (χ1v) is 14.4. The molecule has 6 atom stereocenters. The van der Waals surface area contributed by atoms with E-state index in [-0.39, 0.29) is 41.6 Å². The van der Waals surface area contributed by atoms with Crippen LogP contribution in [-0.4, -0.2) is 95.8 Å². The summed E-state index contributed by atoms with van der Waals surface area (Å²) in [6.07, 6.45) is 2.88. The highest BCUT2D eigenvalue weighted by Crippen LogP contribution is 2.52. The van der Waals surface area contributed by atoms with Gasteiger partial charge in [-0.15, -0.1) is 11.8 Å². The van der Waals surface area contributed by atoms with Crippen LogP contribution in [0.4, 0.5) is 4.79 Å². The number of carbonyl (C=O) groups is 3. The topological polar surface area (TPSA) is 154 Å². The van der Waals surface area contributed by atoms with E-state index in [2.05, 4.69) is 11.3 Å². The van der Waals surface area contributed by atoms with Crippen LogP contribution < -0.4 is 4.72 Å². The molecule has 0 spiro atoms. The lowest BCUT2D eigenvalue weighted by Crippen LogP contribution is -2.63. The van der Waals surface area contributed by atoms with Crippen LogP contribution in [0.15, 0.2) is 34.4 Å². The van der Waals surface area contributed by atoms with Crippen molar-refractivity contribution in [3.63, 3.8) is 0 Å². The number of carboxylic acid groups (broad SMARTS) is 1. The van der Waals surface area contributed by atoms with E-state index < -0.39 is 52.1 Å². The lowest BCUT2D eigenvalue weighted by atomic mass is 9.79. The maximum atomic E-state index is 12.7. The van der Waals surface area contributed by atoms with E-state index in [1.807, 2.05) is 6.92 Å². The molecule has 0 unspecified atom stereocenters. The number of carbonyl (C=O) groups excluding carboxylic acids is 2. The standard InChI is InChI=1S/C22H30ClN3O8S2/c1-5-6-34-22(31)25-10-15(8-14(25)7-13(23)9-24-36(4,32)33)35-19-11(2)17-16(12(3)27)20(28)26(17)18(19)21(29)30/h5,7,11-12,14-17,24,27H,1,6,8-10H2,2-4H3,(H,29,30)/b13-7+/t11-,12-,14-,15+,16-,17-/m1/s1. The maximum absolute atomic E-state index is 12.7. The Balaban J connectivity index is 1.83. The zero-order valence-electron chi connectivity index (χ0n) is 20.1. The first-order valence-electron chi connectivity index (χ1n) is 11.3. The molecule has 14 heteroatoms. The van der Waals surface area contributed by atoms with Gasteiger partial charge in [0.2, 0.25) is 15.9 Å². The van der Waals surface area contributed by atoms with E-state index in [0.29, 0.717) is 11.3 Å². The summed E-state index contributed by atoms with van der Waals surface area (Å²) in [7, 11) is -3.47. The van der Waals surface area contributed by atoms with Crippen LogP contribution >= 0.6 is 23.4 Å². The highest BCUT2D eigenvalue weighted by atomic mass is 35.5. The molecule has 0 aromatic heterocycles. The Labute approximate surface area is 219 Å². The lowest BCUT2D eigenvalue weighted by molar-refractivity contribution is -0.163. The van der Waals surface area contributed by atoms with Crippen LogP contribution in [0, 0.1) is 11.8 Å². The number of carboxylic acids is 1. The normalized spacial score (nSPS) is 29.2. The SMILES string of the molecule is C=CCOC(=O)N1C[C@@H](SC2=C(C(=O)O)N3C(=O)[C@H]([C@@H](C)O)[C@H]3[C@H]2C)C[C@H]1/C=C(/Cl)CNS(C)(=O)=O. The third-order valence-corrected chi connectivity index (χ3v) is 8.77. The summed E-state index contributed by atoms with van der Waals surface area (Å²) in [5.41, 5.74) is -0.0884. The average Bonchev–Trinajstić information content (AvgIpc) is 3.27. The number of sulfonamides is 1. The van der Waals surface area contributed by atoms with Gasteiger partial charge in [-0.2, -0.15) is 0 Å². The minimum atomic E-state index is -3.47. The molecule has 3 N–H and O–H groups in total. The van der Waals surface area contributed by atoms with Crippen LogP contribution in [0.5, 0.6) is 0 Å². The van der Waals surface area contributed by atoms with Gasteiger partial charge in [-0.05, 0) is 19.4 Å². The highest BCUT2D eigenvalue weighted by Gasteiger charge is 2.60. The van der Waals surface area contributed by atoms with Gasteiger partial charge in [-0.25, -0.2) is 22.7 Å². The van der Waals surface area contributed by atoms with Crippen molar-refractivity contribution < 1.29 is 37.8 Å². The predicted molar refractivity (Wildman–Crippen MR) is 134 cm³/mol. The summed E-state index contributed by atoms with van der Waals surface area (Å²) in [6, 6.07) is -0.962. The van der Waals surface area contributed by atoms with Gasteiger partial charge in [0.25, 0.3) is 0 Å². The fourth-order valence-corrected chi connectivity index (χ4v) is 7.07. The molecule has 0 radical (unpaired) electrons. The fourth-order valence-electron chi connectivity index (χ4n) is 4.82. The van der Waals surface area contributed by atoms with E-state index >= 15 is 0 Å². The molecule has 0 bridgehead atoms. The van der Waals surface area contributed by atoms with Crippen molar-refractivity contribution in [3.8, 4) is 0 Å². The molecular formula is C22H30ClN3O8S2. The van der Waals surface area contributed by atoms with Gasteiger partial charge in [0.1, 0.15) is 12.3 Å². The number of aliphatic hydroxyl groups is 1. The summed E-state index contributed by atoms with van der Waals surface area (Å²) < 4.78 is 30.2. The molecule has 3 aliphatic rings. The number of hydrogen-bond acceptors (Lipinski definition) is 8. The summed E-state index contributed by atoms with van der Waals surface area (Å²) in [6.45, 7) is 6.94. The largest absolute Gasteiger partial charge is 0.477 e. The average molecular weight is 564 g/mol. The van der Waals surface area contributed by atoms with E-state index in [1.165, 1.54) is 34.6 Å². The number of hydrogen-bond donors (Lipinski definition) is 3. The maximum Gasteiger partial charge on any atom is 0.410 e. The van der Waals surface area contributed by atoms with Gasteiger partial charge in [-0.3, -0.25) is 4.79 Å². The molecular weight excluding hydrogens is 534 g/mol. The minimum Gasteiger partial charge on any atom is -0.477 e. The van der Waals surface area contributed by atoms with Crippen LogP contribution in [0.1, 0.15) is 20.3 Å². The third-order valence-electron chi connectivity index (χ3n) is 6.35. The molecule has 200 valence electrons. The second-order valence-electron chi connectivity index (χ2n) is 9.04. The van der Waals surface area contributed by atoms with Gasteiger partial charge in [0.15, 0.2) is 0 Å². The Kier molecular flexibility index (Phi) is 8.82. The van der Waals surface area contributed by atoms with Crippen LogP contribution in [0.2, 0.25) is 0 Å². The summed E-state index contributed by atoms with van der Waals surface area (Å²) in [5.74, 6) is -2.62. The number of thioether (sulfide) groups is 1. The van der Waals surface area contributed by atoms with Crippen LogP contribution in [-0.2, 0) is 24.3 Å². The number of likely N-dealkylation sites (tertiary alicyclic amines) is 1. The number of rotatable bonds is 10. The Morgan fingerprint density at radius 3 is 2.64 bits per heavy atom. The second-order valence-corrected chi connectivity index (χ2v) is 12.7. The lowest BCUT2D eigenvalue weighted by Gasteiger charge is -2.46. The number of β-lactam (4-membered cyclic amide) rings is 1. The van der Waals surface area contributed by atoms with Gasteiger partial charge in [-0.1, -0.05) is 31.2 Å². The van der Waals surface area contributed by atoms with Crippen molar-refractivity contribution in [1.82, 2.24) is 14.5 Å². The molecule has 2 amide bonds. The number of ether oxygens (including phenoxy) is 1. The third kappa shape index (κ3) is 5.91. The fraction of sp³-hybridized carbons (Fsp3) is 0.591. The van der Waals surface area contributed by atoms with Gasteiger partial charge in [0.05, 0.1) is 30.4 Å². The second kappa shape index (κ2) is 11.1. The number of fused-ring (bicyclic) bond motifs is 1. The van der Waals surface area contributed by atoms with E-state index in [9.17, 15) is 33.0 Å². The van der Waals surface area contributed by atoms with Crippen molar-refractivity contribution in [3.05, 3.63) is 34.4 Å². The molecule has 0 aliphatic carbocycles. The number of nitrogens with zero attached hydrogens (tertiary/aromatic N) is 2. The molecule has 0 aromatic rings. The smallest absolute Gasteiger partial charge is 0.410 e. The molecule has 3 heterocycles. The Hall–Kier alpha value is -2.06. The van der Waals surface area contributed by atoms with Crippen LogP contribution in [0.25, 0.3) is 0 Å². The van der Waals surface area contributed by atoms with Crippen molar-refractivity contribution in [1.29, 1.82) is 0 Å². The molecule has 3 rings (SSSR count). The Morgan fingerprint density at radius 2 is 2.08 bits per heavy atom. The molecule has 3 aliphatic heterocycles. The number of aliphatic hydroxyl groups excluding tert-OH is 1. The Bertz CT molecular complexity index is 1110. The van der Waals surface area contributed by atoms with Gasteiger partial charge < -0.3 is 24.7 Å². The first kappa shape index (κ1) is 28.5. The molecule has 36 heavy (non-hydrogen) atoms. The minimum absolute atomic E-state index is 0.00221. The van der Waals surface area contributed by atoms with E-state index in [1.54, 1.807) is 6.08 Å². The van der Waals surface area contributed by atoms with Gasteiger partial charge in [0, 0.05) is 34.2 Å². The first-order chi connectivity index (χ1) is 16.8. The number of halogens is 1. The predicted octanol–water partition coefficient (Wildman–Crippen LogP) is 1.31. The monoisotopic (exact) mass is 563 g/mol. The number of amides is 2. The number of aliphatic carboxylic acids is 1. The van der Waals surface area contributed by atoms with Gasteiger partial charge >= 0.3 is 12.1 Å². The van der Waals surface area contributed by atoms with Crippen molar-refractivity contribution in [2.24, 2.45) is 11.8 Å². The van der Waals surface area contributed by atoms with Crippen molar-refractivity contribution in [2.45, 2.75) is 43.7 Å². The molecule has 0 saturated carbocycles. The van der Waals surface area contributed by atoms with Crippen molar-refractivity contribution >= 4 is 51.4 Å². The zero-order valence-corrected chi connectivity index (χ0v) is 22.5. The Morgan fingerprint density at radius 1 is 1.42 bits per heavy atom. The molecule has 2 saturated heterocycles. The van der Waals surface area contributed by atoms with Crippen LogP contribution in [0.3, 0.4) is 0 Å².